The van der Waals surface area contributed by atoms with E-state index in [1.165, 1.54) is 147 Å². The summed E-state index contributed by atoms with van der Waals surface area (Å²) in [6.45, 7) is 8.43. The summed E-state index contributed by atoms with van der Waals surface area (Å²) in [6, 6.07) is 31.7. The molecule has 10 fully saturated rings. The number of aliphatic imine (C=N–C) groups is 2. The Balaban J connectivity index is 0.955. The van der Waals surface area contributed by atoms with Gasteiger partial charge in [0.25, 0.3) is 0 Å². The predicted molar refractivity (Wildman–Crippen MR) is 263 cm³/mol. The first-order valence-corrected chi connectivity index (χ1v) is 26.7. The van der Waals surface area contributed by atoms with Gasteiger partial charge in [-0.2, -0.15) is 0 Å². The lowest BCUT2D eigenvalue weighted by Gasteiger charge is -2.57. The molecular formula is C59H66N6. The molecule has 0 amide bonds. The Kier molecular flexibility index (Phi) is 7.68. The first kappa shape index (κ1) is 37.5. The number of anilines is 2. The van der Waals surface area contributed by atoms with Crippen molar-refractivity contribution < 1.29 is 0 Å². The van der Waals surface area contributed by atoms with E-state index in [0.29, 0.717) is 10.8 Å². The van der Waals surface area contributed by atoms with E-state index in [9.17, 15) is 0 Å². The molecule has 0 unspecified atom stereocenters. The Bertz CT molecular complexity index is 2500. The third-order valence-corrected chi connectivity index (χ3v) is 20.5. The Morgan fingerprint density at radius 3 is 1.14 bits per heavy atom. The van der Waals surface area contributed by atoms with Gasteiger partial charge in [0.15, 0.2) is 0 Å². The second-order valence-electron chi connectivity index (χ2n) is 24.2. The van der Waals surface area contributed by atoms with E-state index in [0.717, 1.165) is 101 Å². The third-order valence-electron chi connectivity index (χ3n) is 20.5. The van der Waals surface area contributed by atoms with Gasteiger partial charge in [-0.05, 0) is 229 Å². The maximum absolute atomic E-state index is 5.25. The number of benzene rings is 4. The fraction of sp³-hybridized carbons (Fsp3) is 0.559. The van der Waals surface area contributed by atoms with Crippen LogP contribution in [-0.4, -0.2) is 74.1 Å². The van der Waals surface area contributed by atoms with E-state index in [1.54, 1.807) is 22.3 Å². The van der Waals surface area contributed by atoms with Gasteiger partial charge in [-0.3, -0.25) is 9.98 Å². The summed E-state index contributed by atoms with van der Waals surface area (Å²) in [5.41, 5.74) is 18.2. The van der Waals surface area contributed by atoms with Crippen LogP contribution in [0.1, 0.15) is 136 Å². The van der Waals surface area contributed by atoms with Crippen LogP contribution in [0.25, 0.3) is 22.3 Å². The average Bonchev–Trinajstić information content (AvgIpc) is 3.78. The normalized spacial score (nSPS) is 34.8. The Morgan fingerprint density at radius 1 is 0.385 bits per heavy atom. The topological polar surface area (TPSA) is 37.7 Å². The first-order valence-electron chi connectivity index (χ1n) is 26.7. The zero-order valence-corrected chi connectivity index (χ0v) is 38.5. The van der Waals surface area contributed by atoms with Crippen molar-refractivity contribution in [2.75, 3.05) is 62.2 Å². The van der Waals surface area contributed by atoms with Gasteiger partial charge in [0, 0.05) is 63.7 Å². The highest BCUT2D eigenvalue weighted by Crippen LogP contribution is 2.68. The molecule has 0 aromatic heterocycles. The van der Waals surface area contributed by atoms with Crippen LogP contribution in [0.2, 0.25) is 0 Å². The average molecular weight is 859 g/mol. The molecule has 0 N–H and O–H groups in total. The number of fused-ring (bicyclic) bond motifs is 12. The van der Waals surface area contributed by atoms with Crippen LogP contribution in [0.15, 0.2) is 82.8 Å². The summed E-state index contributed by atoms with van der Waals surface area (Å²) in [7, 11) is 0. The van der Waals surface area contributed by atoms with E-state index in [1.807, 2.05) is 0 Å². The van der Waals surface area contributed by atoms with Gasteiger partial charge in [-0.1, -0.05) is 48.5 Å². The molecule has 332 valence electrons. The minimum atomic E-state index is -0.411. The fourth-order valence-corrected chi connectivity index (χ4v) is 18.9. The number of nitrogens with zero attached hydrogens (tertiary/aromatic N) is 6. The van der Waals surface area contributed by atoms with Crippen LogP contribution >= 0.6 is 0 Å². The molecule has 8 saturated carbocycles. The van der Waals surface area contributed by atoms with Crippen LogP contribution in [0.3, 0.4) is 0 Å². The van der Waals surface area contributed by atoms with Crippen LogP contribution < -0.4 is 9.80 Å². The molecule has 4 aromatic rings. The molecule has 1 spiro atoms. The van der Waals surface area contributed by atoms with Gasteiger partial charge in [0.2, 0.25) is 11.9 Å². The molecule has 4 aromatic carbocycles. The predicted octanol–water partition coefficient (Wildman–Crippen LogP) is 11.5. The van der Waals surface area contributed by atoms with Crippen molar-refractivity contribution in [2.45, 2.75) is 119 Å². The molecule has 65 heavy (non-hydrogen) atoms. The summed E-state index contributed by atoms with van der Waals surface area (Å²) in [4.78, 5) is 20.8. The van der Waals surface area contributed by atoms with Crippen LogP contribution in [0, 0.1) is 35.5 Å². The zero-order chi connectivity index (χ0) is 42.2. The van der Waals surface area contributed by atoms with Crippen LogP contribution in [0.4, 0.5) is 11.4 Å². The van der Waals surface area contributed by atoms with Gasteiger partial charge < -0.3 is 19.6 Å². The zero-order valence-electron chi connectivity index (χ0n) is 38.5. The molecule has 10 aliphatic carbocycles. The van der Waals surface area contributed by atoms with Crippen molar-refractivity contribution in [3.8, 4) is 22.3 Å². The first-order chi connectivity index (χ1) is 32.0. The Morgan fingerprint density at radius 2 is 0.738 bits per heavy atom. The van der Waals surface area contributed by atoms with Gasteiger partial charge in [-0.25, -0.2) is 0 Å². The van der Waals surface area contributed by atoms with Crippen molar-refractivity contribution in [3.63, 3.8) is 0 Å². The molecule has 6 nitrogen and oxygen atoms in total. The van der Waals surface area contributed by atoms with E-state index in [4.69, 9.17) is 9.98 Å². The summed E-state index contributed by atoms with van der Waals surface area (Å²) >= 11 is 0. The van der Waals surface area contributed by atoms with E-state index in [-0.39, 0.29) is 0 Å². The molecule has 14 aliphatic rings. The largest absolute Gasteiger partial charge is 0.342 e. The maximum Gasteiger partial charge on any atom is 0.201 e. The molecule has 8 bridgehead atoms. The maximum atomic E-state index is 5.25. The summed E-state index contributed by atoms with van der Waals surface area (Å²) in [6.07, 6.45) is 22.0. The van der Waals surface area contributed by atoms with Crippen molar-refractivity contribution in [1.29, 1.82) is 0 Å². The highest BCUT2D eigenvalue weighted by Gasteiger charge is 2.57. The molecule has 4 aliphatic heterocycles. The van der Waals surface area contributed by atoms with Crippen LogP contribution in [-0.2, 0) is 16.2 Å². The highest BCUT2D eigenvalue weighted by molar-refractivity contribution is 6.02. The summed E-state index contributed by atoms with van der Waals surface area (Å²) in [5.74, 6) is 7.91. The number of hydrogen-bond donors (Lipinski definition) is 0. The SMILES string of the molecule is c1cc2c(cc1N1CCCN3CCCN=C31)C1(c3cc(N4CCCN5CCCN=C54)ccc3-2)c2cc(C34CC5CC(CC(C5)C3)C4)ccc2-c2ccc(C34CC5CC(CC(C5)C3)C4)cc21. The lowest BCUT2D eigenvalue weighted by molar-refractivity contribution is -0.00530. The molecule has 18 rings (SSSR count). The molecule has 0 radical (unpaired) electrons. The molecule has 0 atom stereocenters. The van der Waals surface area contributed by atoms with E-state index < -0.39 is 5.41 Å². The third kappa shape index (κ3) is 5.13. The van der Waals surface area contributed by atoms with Crippen molar-refractivity contribution in [1.82, 2.24) is 9.80 Å². The minimum absolute atomic E-state index is 0.324. The monoisotopic (exact) mass is 859 g/mol. The van der Waals surface area contributed by atoms with E-state index >= 15 is 0 Å². The van der Waals surface area contributed by atoms with Crippen LogP contribution in [0.5, 0.6) is 0 Å². The number of hydrogen-bond acceptors (Lipinski definition) is 6. The molecule has 6 heteroatoms. The molecular weight excluding hydrogens is 793 g/mol. The second-order valence-corrected chi connectivity index (χ2v) is 24.2. The smallest absolute Gasteiger partial charge is 0.201 e. The lowest BCUT2D eigenvalue weighted by Crippen LogP contribution is -2.52. The van der Waals surface area contributed by atoms with Gasteiger partial charge in [-0.15, -0.1) is 0 Å². The minimum Gasteiger partial charge on any atom is -0.342 e. The standard InChI is InChI=1S/C59H66N6/c1-13-60-55-62(15-1)17-3-19-64(55)45-7-11-49-50-12-8-46(65-20-4-18-63-16-2-14-61-56(63)65)30-54(50)59(53(49)29-45)51-27-43(57-31-37-21-38(32-57)23-39(22-37)33-57)5-9-47(51)48-10-6-44(28-52(48)59)58-34-40-24-41(35-58)26-42(25-40)36-58/h5-12,27-30,37-42H,1-4,13-26,31-36H2. The molecule has 4 heterocycles. The van der Waals surface area contributed by atoms with E-state index in [2.05, 4.69) is 92.4 Å². The van der Waals surface area contributed by atoms with Gasteiger partial charge in [0.1, 0.15) is 0 Å². The lowest BCUT2D eigenvalue weighted by atomic mass is 9.48. The van der Waals surface area contributed by atoms with Crippen molar-refractivity contribution >= 4 is 23.3 Å². The fourth-order valence-electron chi connectivity index (χ4n) is 18.9. The molecule has 2 saturated heterocycles. The second kappa shape index (κ2) is 13.3. The number of rotatable bonds is 4. The quantitative estimate of drug-likeness (QED) is 0.177. The number of guanidine groups is 2. The Labute approximate surface area is 386 Å². The Hall–Kier alpha value is -4.58. The summed E-state index contributed by atoms with van der Waals surface area (Å²) < 4.78 is 0. The van der Waals surface area contributed by atoms with Crippen molar-refractivity contribution in [3.05, 3.63) is 106 Å². The highest BCUT2D eigenvalue weighted by atomic mass is 15.4. The summed E-state index contributed by atoms with van der Waals surface area (Å²) in [5, 5.41) is 0. The van der Waals surface area contributed by atoms with Crippen molar-refractivity contribution in [2.24, 2.45) is 45.5 Å². The van der Waals surface area contributed by atoms with Gasteiger partial charge >= 0.3 is 0 Å². The van der Waals surface area contributed by atoms with Gasteiger partial charge in [0.05, 0.1) is 5.41 Å².